The van der Waals surface area contributed by atoms with Crippen LogP contribution >= 0.6 is 0 Å². The van der Waals surface area contributed by atoms with Gasteiger partial charge in [-0.2, -0.15) is 0 Å². The molecule has 1 unspecified atom stereocenters. The maximum Gasteiger partial charge on any atom is 0.259 e. The number of hydrogen-bond donors (Lipinski definition) is 1. The molecule has 0 aliphatic carbocycles. The summed E-state index contributed by atoms with van der Waals surface area (Å²) >= 11 is 0. The third-order valence-electron chi connectivity index (χ3n) is 2.89. The van der Waals surface area contributed by atoms with Crippen molar-refractivity contribution in [1.82, 2.24) is 10.1 Å². The Labute approximate surface area is 88.2 Å². The summed E-state index contributed by atoms with van der Waals surface area (Å²) in [6.07, 6.45) is 3.49. The highest BCUT2D eigenvalue weighted by Gasteiger charge is 2.29. The van der Waals surface area contributed by atoms with Crippen LogP contribution < -0.4 is 5.73 Å². The van der Waals surface area contributed by atoms with Gasteiger partial charge in [-0.1, -0.05) is 5.16 Å². The van der Waals surface area contributed by atoms with Crippen molar-refractivity contribution in [2.75, 3.05) is 13.1 Å². The second kappa shape index (κ2) is 4.02. The van der Waals surface area contributed by atoms with Crippen LogP contribution in [0.2, 0.25) is 0 Å². The van der Waals surface area contributed by atoms with E-state index < -0.39 is 0 Å². The molecule has 82 valence electrons. The van der Waals surface area contributed by atoms with E-state index in [4.69, 9.17) is 10.3 Å². The topological polar surface area (TPSA) is 72.4 Å². The van der Waals surface area contributed by atoms with Crippen molar-refractivity contribution in [3.63, 3.8) is 0 Å². The zero-order chi connectivity index (χ0) is 10.8. The van der Waals surface area contributed by atoms with Gasteiger partial charge in [0.05, 0.1) is 6.20 Å². The molecule has 1 aromatic heterocycles. The third-order valence-corrected chi connectivity index (χ3v) is 2.89. The van der Waals surface area contributed by atoms with Crippen molar-refractivity contribution in [3.8, 4) is 0 Å². The maximum atomic E-state index is 12.1. The van der Waals surface area contributed by atoms with Gasteiger partial charge >= 0.3 is 0 Å². The first kappa shape index (κ1) is 10.2. The summed E-state index contributed by atoms with van der Waals surface area (Å²) in [5.41, 5.74) is 6.17. The van der Waals surface area contributed by atoms with Gasteiger partial charge in [-0.15, -0.1) is 0 Å². The van der Waals surface area contributed by atoms with Gasteiger partial charge in [0.15, 0.2) is 0 Å². The van der Waals surface area contributed by atoms with Crippen LogP contribution in [-0.4, -0.2) is 35.1 Å². The van der Waals surface area contributed by atoms with Crippen LogP contribution in [0.15, 0.2) is 10.7 Å². The Morgan fingerprint density at radius 1 is 1.80 bits per heavy atom. The highest BCUT2D eigenvalue weighted by Crippen LogP contribution is 2.20. The SMILES string of the molecule is Cc1oncc1C(=O)N1CCCC1CN. The standard InChI is InChI=1S/C10H15N3O2/c1-7-9(6-12-15-7)10(14)13-4-2-3-8(13)5-11/h6,8H,2-5,11H2,1H3. The fourth-order valence-corrected chi connectivity index (χ4v) is 2.01. The molecule has 1 atom stereocenters. The number of carbonyl (C=O) groups is 1. The van der Waals surface area contributed by atoms with Gasteiger partial charge in [0, 0.05) is 19.1 Å². The van der Waals surface area contributed by atoms with Crippen LogP contribution in [0.4, 0.5) is 0 Å². The summed E-state index contributed by atoms with van der Waals surface area (Å²) in [4.78, 5) is 13.9. The van der Waals surface area contributed by atoms with E-state index in [2.05, 4.69) is 5.16 Å². The molecule has 0 spiro atoms. The van der Waals surface area contributed by atoms with Crippen LogP contribution in [0.3, 0.4) is 0 Å². The average molecular weight is 209 g/mol. The zero-order valence-electron chi connectivity index (χ0n) is 8.77. The van der Waals surface area contributed by atoms with E-state index in [9.17, 15) is 4.79 Å². The molecule has 1 aliphatic rings. The van der Waals surface area contributed by atoms with E-state index in [0.29, 0.717) is 17.9 Å². The van der Waals surface area contributed by atoms with E-state index in [1.165, 1.54) is 6.20 Å². The Bertz CT molecular complexity index is 361. The molecule has 2 rings (SSSR count). The normalized spacial score (nSPS) is 20.9. The number of rotatable bonds is 2. The Kier molecular flexibility index (Phi) is 2.73. The first-order chi connectivity index (χ1) is 7.24. The Morgan fingerprint density at radius 2 is 2.60 bits per heavy atom. The lowest BCUT2D eigenvalue weighted by Gasteiger charge is -2.22. The summed E-state index contributed by atoms with van der Waals surface area (Å²) in [5, 5.41) is 3.61. The van der Waals surface area contributed by atoms with Crippen molar-refractivity contribution in [2.24, 2.45) is 5.73 Å². The minimum absolute atomic E-state index is 0.0123. The Morgan fingerprint density at radius 3 is 3.20 bits per heavy atom. The summed E-state index contributed by atoms with van der Waals surface area (Å²) in [7, 11) is 0. The predicted molar refractivity (Wildman–Crippen MR) is 54.4 cm³/mol. The van der Waals surface area contributed by atoms with Gasteiger partial charge in [0.1, 0.15) is 11.3 Å². The molecule has 5 nitrogen and oxygen atoms in total. The number of amides is 1. The molecule has 1 fully saturated rings. The monoisotopic (exact) mass is 209 g/mol. The van der Waals surface area contributed by atoms with Crippen molar-refractivity contribution in [1.29, 1.82) is 0 Å². The van der Waals surface area contributed by atoms with Crippen LogP contribution in [0.5, 0.6) is 0 Å². The molecule has 1 saturated heterocycles. The molecule has 1 aliphatic heterocycles. The number of nitrogens with two attached hydrogens (primary N) is 1. The van der Waals surface area contributed by atoms with E-state index in [1.807, 2.05) is 4.90 Å². The van der Waals surface area contributed by atoms with Crippen molar-refractivity contribution < 1.29 is 9.32 Å². The van der Waals surface area contributed by atoms with Gasteiger partial charge in [-0.25, -0.2) is 0 Å². The van der Waals surface area contributed by atoms with Gasteiger partial charge in [-0.3, -0.25) is 4.79 Å². The lowest BCUT2D eigenvalue weighted by molar-refractivity contribution is 0.0739. The highest BCUT2D eigenvalue weighted by molar-refractivity contribution is 5.95. The molecule has 1 aromatic rings. The molecule has 5 heteroatoms. The van der Waals surface area contributed by atoms with E-state index in [-0.39, 0.29) is 11.9 Å². The fourth-order valence-electron chi connectivity index (χ4n) is 2.01. The molecule has 0 saturated carbocycles. The minimum Gasteiger partial charge on any atom is -0.361 e. The third kappa shape index (κ3) is 1.74. The maximum absolute atomic E-state index is 12.1. The average Bonchev–Trinajstić information content (AvgIpc) is 2.84. The molecule has 1 amide bonds. The number of aromatic nitrogens is 1. The van der Waals surface area contributed by atoms with Gasteiger partial charge in [0.25, 0.3) is 5.91 Å². The van der Waals surface area contributed by atoms with Crippen molar-refractivity contribution in [3.05, 3.63) is 17.5 Å². The number of likely N-dealkylation sites (tertiary alicyclic amines) is 1. The second-order valence-corrected chi connectivity index (χ2v) is 3.83. The van der Waals surface area contributed by atoms with Crippen LogP contribution in [-0.2, 0) is 0 Å². The summed E-state index contributed by atoms with van der Waals surface area (Å²) in [6, 6.07) is 0.173. The summed E-state index contributed by atoms with van der Waals surface area (Å²) in [6.45, 7) is 3.05. The minimum atomic E-state index is -0.0123. The lowest BCUT2D eigenvalue weighted by atomic mass is 10.2. The van der Waals surface area contributed by atoms with Gasteiger partial charge < -0.3 is 15.2 Å². The summed E-state index contributed by atoms with van der Waals surface area (Å²) < 4.78 is 4.89. The molecule has 2 heterocycles. The fraction of sp³-hybridized carbons (Fsp3) is 0.600. The lowest BCUT2D eigenvalue weighted by Crippen LogP contribution is -2.40. The number of carbonyl (C=O) groups excluding carboxylic acids is 1. The first-order valence-corrected chi connectivity index (χ1v) is 5.16. The first-order valence-electron chi connectivity index (χ1n) is 5.16. The van der Waals surface area contributed by atoms with E-state index in [0.717, 1.165) is 19.4 Å². The highest BCUT2D eigenvalue weighted by atomic mass is 16.5. The molecular weight excluding hydrogens is 194 g/mol. The number of aryl methyl sites for hydroxylation is 1. The Balaban J connectivity index is 2.18. The molecular formula is C10H15N3O2. The van der Waals surface area contributed by atoms with Crippen molar-refractivity contribution in [2.45, 2.75) is 25.8 Å². The second-order valence-electron chi connectivity index (χ2n) is 3.83. The van der Waals surface area contributed by atoms with Crippen molar-refractivity contribution >= 4 is 5.91 Å². The Hall–Kier alpha value is -1.36. The van der Waals surface area contributed by atoms with Gasteiger partial charge in [0.2, 0.25) is 0 Å². The zero-order valence-corrected chi connectivity index (χ0v) is 8.77. The smallest absolute Gasteiger partial charge is 0.259 e. The van der Waals surface area contributed by atoms with Gasteiger partial charge in [-0.05, 0) is 19.8 Å². The molecule has 0 radical (unpaired) electrons. The van der Waals surface area contributed by atoms with E-state index >= 15 is 0 Å². The van der Waals surface area contributed by atoms with E-state index in [1.54, 1.807) is 6.92 Å². The number of nitrogens with zero attached hydrogens (tertiary/aromatic N) is 2. The molecule has 2 N–H and O–H groups in total. The van der Waals surface area contributed by atoms with Crippen LogP contribution in [0, 0.1) is 6.92 Å². The summed E-state index contributed by atoms with van der Waals surface area (Å²) in [5.74, 6) is 0.560. The number of hydrogen-bond acceptors (Lipinski definition) is 4. The largest absolute Gasteiger partial charge is 0.361 e. The predicted octanol–water partition coefficient (Wildman–Crippen LogP) is 0.546. The molecule has 0 aromatic carbocycles. The molecule has 0 bridgehead atoms. The van der Waals surface area contributed by atoms with Crippen LogP contribution in [0.1, 0.15) is 29.0 Å². The molecule has 15 heavy (non-hydrogen) atoms. The van der Waals surface area contributed by atoms with Crippen LogP contribution in [0.25, 0.3) is 0 Å². The quantitative estimate of drug-likeness (QED) is 0.771.